The van der Waals surface area contributed by atoms with E-state index in [0.717, 1.165) is 24.6 Å². The van der Waals surface area contributed by atoms with Crippen LogP contribution in [0.3, 0.4) is 0 Å². The third kappa shape index (κ3) is 6.76. The van der Waals surface area contributed by atoms with Gasteiger partial charge in [0.25, 0.3) is 0 Å². The monoisotopic (exact) mass is 561 g/mol. The van der Waals surface area contributed by atoms with Gasteiger partial charge >= 0.3 is 0 Å². The molecule has 0 saturated carbocycles. The van der Waals surface area contributed by atoms with Crippen LogP contribution in [0.5, 0.6) is 0 Å². The summed E-state index contributed by atoms with van der Waals surface area (Å²) in [5.74, 6) is -7.60. The number of methoxy groups -OCH3 is 1. The van der Waals surface area contributed by atoms with Crippen molar-refractivity contribution >= 4 is 46.3 Å². The second kappa shape index (κ2) is 12.8. The minimum Gasteiger partial charge on any atom is -0.385 e. The molecule has 0 fully saturated rings. The van der Waals surface area contributed by atoms with Gasteiger partial charge in [-0.05, 0) is 55.0 Å². The first-order valence-electron chi connectivity index (χ1n) is 11.7. The van der Waals surface area contributed by atoms with Crippen molar-refractivity contribution in [2.75, 3.05) is 35.9 Å². The molecule has 0 aliphatic rings. The van der Waals surface area contributed by atoms with Crippen LogP contribution in [0.25, 0.3) is 0 Å². The molecule has 4 rings (SSSR count). The highest BCUT2D eigenvalue weighted by molar-refractivity contribution is 7.98. The Balaban J connectivity index is 1.50. The van der Waals surface area contributed by atoms with Crippen LogP contribution < -0.4 is 16.0 Å². The predicted octanol–water partition coefficient (Wildman–Crippen LogP) is 7.70. The number of rotatable bonds is 11. The molecule has 0 bridgehead atoms. The van der Waals surface area contributed by atoms with Gasteiger partial charge in [0.2, 0.25) is 5.95 Å². The van der Waals surface area contributed by atoms with Crippen molar-refractivity contribution < 1.29 is 26.7 Å². The fourth-order valence-electron chi connectivity index (χ4n) is 3.69. The van der Waals surface area contributed by atoms with Gasteiger partial charge in [-0.15, -0.1) is 11.8 Å². The van der Waals surface area contributed by atoms with Crippen molar-refractivity contribution in [1.29, 1.82) is 0 Å². The fourth-order valence-corrected chi connectivity index (χ4v) is 4.30. The number of hydrogen-bond acceptors (Lipinski definition) is 7. The van der Waals surface area contributed by atoms with Crippen LogP contribution in [-0.2, 0) is 11.2 Å². The molecular weight excluding hydrogens is 537 g/mol. The highest BCUT2D eigenvalue weighted by atomic mass is 32.2. The number of nitrogens with zero attached hydrogens (tertiary/aromatic N) is 2. The molecule has 3 N–H and O–H groups in total. The van der Waals surface area contributed by atoms with E-state index in [0.29, 0.717) is 29.7 Å². The molecule has 0 saturated heterocycles. The molecule has 6 nitrogen and oxygen atoms in total. The van der Waals surface area contributed by atoms with E-state index in [1.54, 1.807) is 19.2 Å². The first-order chi connectivity index (χ1) is 18.8. The van der Waals surface area contributed by atoms with Crippen LogP contribution in [0.1, 0.15) is 12.0 Å². The summed E-state index contributed by atoms with van der Waals surface area (Å²) < 4.78 is 75.7. The second-order valence-corrected chi connectivity index (χ2v) is 9.12. The zero-order valence-corrected chi connectivity index (χ0v) is 21.7. The average molecular weight is 562 g/mol. The highest BCUT2D eigenvalue weighted by Crippen LogP contribution is 2.37. The summed E-state index contributed by atoms with van der Waals surface area (Å²) in [6, 6.07) is 13.7. The maximum Gasteiger partial charge on any atom is 0.229 e. The smallest absolute Gasteiger partial charge is 0.229 e. The maximum absolute atomic E-state index is 14.5. The molecule has 0 amide bonds. The summed E-state index contributed by atoms with van der Waals surface area (Å²) in [6.45, 7) is 0.678. The van der Waals surface area contributed by atoms with Crippen LogP contribution in [0.4, 0.5) is 56.5 Å². The molecule has 12 heteroatoms. The first-order valence-corrected chi connectivity index (χ1v) is 12.9. The van der Waals surface area contributed by atoms with Crippen LogP contribution in [0.15, 0.2) is 59.6 Å². The molecule has 0 radical (unpaired) electrons. The van der Waals surface area contributed by atoms with Crippen molar-refractivity contribution in [3.63, 3.8) is 0 Å². The third-order valence-electron chi connectivity index (χ3n) is 5.59. The lowest BCUT2D eigenvalue weighted by Gasteiger charge is -2.15. The van der Waals surface area contributed by atoms with E-state index < -0.39 is 39.7 Å². The van der Waals surface area contributed by atoms with Gasteiger partial charge in [-0.1, -0.05) is 18.2 Å². The van der Waals surface area contributed by atoms with Gasteiger partial charge in [0.15, 0.2) is 34.9 Å². The largest absolute Gasteiger partial charge is 0.385 e. The van der Waals surface area contributed by atoms with Crippen molar-refractivity contribution in [3.8, 4) is 0 Å². The van der Waals surface area contributed by atoms with E-state index in [4.69, 9.17) is 4.74 Å². The lowest BCUT2D eigenvalue weighted by molar-refractivity contribution is 0.195. The van der Waals surface area contributed by atoms with Crippen LogP contribution >= 0.6 is 11.8 Å². The summed E-state index contributed by atoms with van der Waals surface area (Å²) >= 11 is 0.716. The minimum absolute atomic E-state index is 0.143. The van der Waals surface area contributed by atoms with E-state index in [1.165, 1.54) is 18.4 Å². The van der Waals surface area contributed by atoms with Crippen LogP contribution in [0.2, 0.25) is 0 Å². The molecule has 1 aromatic heterocycles. The Morgan fingerprint density at radius 1 is 0.821 bits per heavy atom. The van der Waals surface area contributed by atoms with Crippen molar-refractivity contribution in [2.45, 2.75) is 17.7 Å². The van der Waals surface area contributed by atoms with Crippen LogP contribution in [-0.4, -0.2) is 29.9 Å². The zero-order valence-electron chi connectivity index (χ0n) is 20.9. The highest BCUT2D eigenvalue weighted by Gasteiger charge is 2.25. The Bertz CT molecular complexity index is 1460. The number of halogens is 5. The lowest BCUT2D eigenvalue weighted by atomic mass is 10.1. The fraction of sp³-hybridized carbons (Fsp3) is 0.185. The molecule has 0 spiro atoms. The Labute approximate surface area is 226 Å². The van der Waals surface area contributed by atoms with Crippen LogP contribution in [0, 0.1) is 29.1 Å². The molecule has 0 unspecified atom stereocenters. The molecule has 1 heterocycles. The van der Waals surface area contributed by atoms with Gasteiger partial charge < -0.3 is 20.7 Å². The Morgan fingerprint density at radius 3 is 2.21 bits per heavy atom. The average Bonchev–Trinajstić information content (AvgIpc) is 2.94. The van der Waals surface area contributed by atoms with E-state index in [2.05, 4.69) is 25.9 Å². The summed E-state index contributed by atoms with van der Waals surface area (Å²) in [5, 5.41) is 8.41. The molecule has 39 heavy (non-hydrogen) atoms. The molecule has 0 atom stereocenters. The van der Waals surface area contributed by atoms with Gasteiger partial charge in [-0.25, -0.2) is 26.9 Å². The van der Waals surface area contributed by atoms with Crippen molar-refractivity contribution in [1.82, 2.24) is 9.97 Å². The van der Waals surface area contributed by atoms with Gasteiger partial charge in [-0.2, -0.15) is 4.98 Å². The summed E-state index contributed by atoms with van der Waals surface area (Å²) in [6.07, 6.45) is 4.18. The quantitative estimate of drug-likeness (QED) is 0.0570. The molecular formula is C27H24F5N5OS. The minimum atomic E-state index is -1.93. The number of aromatic nitrogens is 2. The SMILES string of the molecule is COCCCc1ccc(Nc2ncc(F)c(Nc3cccc(Nc4c(F)c(F)c(F)c(F)c4SC)c3)n2)cc1. The van der Waals surface area contributed by atoms with Gasteiger partial charge in [0, 0.05) is 30.8 Å². The number of nitrogens with one attached hydrogen (secondary N) is 3. The summed E-state index contributed by atoms with van der Waals surface area (Å²) in [5.41, 5.74) is 1.83. The number of aryl methyl sites for hydroxylation is 1. The maximum atomic E-state index is 14.5. The van der Waals surface area contributed by atoms with E-state index in [1.807, 2.05) is 24.3 Å². The Kier molecular flexibility index (Phi) is 9.20. The van der Waals surface area contributed by atoms with E-state index in [-0.39, 0.29) is 17.5 Å². The molecule has 0 aliphatic heterocycles. The predicted molar refractivity (Wildman–Crippen MR) is 143 cm³/mol. The second-order valence-electron chi connectivity index (χ2n) is 8.30. The van der Waals surface area contributed by atoms with Gasteiger partial charge in [-0.3, -0.25) is 0 Å². The summed E-state index contributed by atoms with van der Waals surface area (Å²) in [4.78, 5) is 7.73. The summed E-state index contributed by atoms with van der Waals surface area (Å²) in [7, 11) is 1.66. The molecule has 4 aromatic rings. The van der Waals surface area contributed by atoms with E-state index >= 15 is 0 Å². The standard InChI is InChI=1S/C27H24F5N5OS/c1-38-12-4-5-15-8-10-16(11-9-15)36-27-33-14-19(28)26(37-27)35-18-7-3-6-17(13-18)34-24-22(31)20(29)21(30)23(32)25(24)39-2/h3,6-11,13-14,34H,4-5,12H2,1-2H3,(H2,33,35,36,37). The first kappa shape index (κ1) is 28.1. The number of thioether (sulfide) groups is 1. The molecule has 0 aliphatic carbocycles. The topological polar surface area (TPSA) is 71.1 Å². The van der Waals surface area contributed by atoms with Gasteiger partial charge in [0.05, 0.1) is 16.8 Å². The third-order valence-corrected chi connectivity index (χ3v) is 6.38. The number of anilines is 6. The van der Waals surface area contributed by atoms with Crippen molar-refractivity contribution in [2.24, 2.45) is 0 Å². The molecule has 204 valence electrons. The molecule has 3 aromatic carbocycles. The normalized spacial score (nSPS) is 10.9. The lowest BCUT2D eigenvalue weighted by Crippen LogP contribution is -2.06. The Morgan fingerprint density at radius 2 is 1.51 bits per heavy atom. The number of ether oxygens (including phenoxy) is 1. The number of hydrogen-bond donors (Lipinski definition) is 3. The zero-order chi connectivity index (χ0) is 27.9. The van der Waals surface area contributed by atoms with Gasteiger partial charge in [0.1, 0.15) is 0 Å². The Hall–Kier alpha value is -3.90. The van der Waals surface area contributed by atoms with Crippen molar-refractivity contribution in [3.05, 3.63) is 89.4 Å². The van der Waals surface area contributed by atoms with E-state index in [9.17, 15) is 22.0 Å². The number of benzene rings is 3.